The standard InChI is InChI=1S/C13H11Cl2NO3S/c14-12-6-1-9(7-13(12)15)8-19-10-2-4-11(5-3-10)20(16,17)18/h1-7H,8H2,(H2,16,17,18). The van der Waals surface area contributed by atoms with Crippen molar-refractivity contribution in [1.29, 1.82) is 0 Å². The van der Waals surface area contributed by atoms with Gasteiger partial charge in [0, 0.05) is 0 Å². The highest BCUT2D eigenvalue weighted by Gasteiger charge is 2.07. The SMILES string of the molecule is NS(=O)(=O)c1ccc(OCc2ccc(Cl)c(Cl)c2)cc1. The van der Waals surface area contributed by atoms with Crippen LogP contribution in [0.3, 0.4) is 0 Å². The smallest absolute Gasteiger partial charge is 0.238 e. The monoisotopic (exact) mass is 331 g/mol. The van der Waals surface area contributed by atoms with Gasteiger partial charge in [0.2, 0.25) is 10.0 Å². The molecule has 0 aliphatic carbocycles. The van der Waals surface area contributed by atoms with E-state index in [1.165, 1.54) is 24.3 Å². The van der Waals surface area contributed by atoms with E-state index in [1.807, 2.05) is 0 Å². The van der Waals surface area contributed by atoms with E-state index in [9.17, 15) is 8.42 Å². The quantitative estimate of drug-likeness (QED) is 0.935. The van der Waals surface area contributed by atoms with E-state index in [-0.39, 0.29) is 4.90 Å². The van der Waals surface area contributed by atoms with E-state index in [1.54, 1.807) is 18.2 Å². The zero-order valence-corrected chi connectivity index (χ0v) is 12.5. The molecule has 106 valence electrons. The fourth-order valence-electron chi connectivity index (χ4n) is 1.52. The van der Waals surface area contributed by atoms with E-state index in [4.69, 9.17) is 33.1 Å². The van der Waals surface area contributed by atoms with Crippen LogP contribution in [0, 0.1) is 0 Å². The number of rotatable bonds is 4. The highest BCUT2D eigenvalue weighted by molar-refractivity contribution is 7.89. The molecule has 0 heterocycles. The summed E-state index contributed by atoms with van der Waals surface area (Å²) in [6.07, 6.45) is 0. The lowest BCUT2D eigenvalue weighted by molar-refractivity contribution is 0.306. The van der Waals surface area contributed by atoms with Crippen molar-refractivity contribution in [3.8, 4) is 5.75 Å². The van der Waals surface area contributed by atoms with Gasteiger partial charge in [0.15, 0.2) is 0 Å². The lowest BCUT2D eigenvalue weighted by atomic mass is 10.2. The Morgan fingerprint density at radius 3 is 2.20 bits per heavy atom. The molecule has 0 radical (unpaired) electrons. The Bertz CT molecular complexity index is 715. The third-order valence-corrected chi connectivity index (χ3v) is 4.21. The first-order valence-electron chi connectivity index (χ1n) is 5.56. The normalized spacial score (nSPS) is 11.3. The Balaban J connectivity index is 2.06. The van der Waals surface area contributed by atoms with E-state index >= 15 is 0 Å². The summed E-state index contributed by atoms with van der Waals surface area (Å²) in [4.78, 5) is 0.0411. The number of hydrogen-bond acceptors (Lipinski definition) is 3. The molecule has 0 unspecified atom stereocenters. The van der Waals surface area contributed by atoms with Crippen LogP contribution in [0.4, 0.5) is 0 Å². The van der Waals surface area contributed by atoms with E-state index < -0.39 is 10.0 Å². The number of nitrogens with two attached hydrogens (primary N) is 1. The zero-order chi connectivity index (χ0) is 14.8. The molecule has 0 saturated heterocycles. The second-order valence-electron chi connectivity index (χ2n) is 4.05. The second-order valence-corrected chi connectivity index (χ2v) is 6.43. The van der Waals surface area contributed by atoms with Crippen LogP contribution in [0.5, 0.6) is 5.75 Å². The van der Waals surface area contributed by atoms with Crippen molar-refractivity contribution in [2.75, 3.05) is 0 Å². The van der Waals surface area contributed by atoms with Gasteiger partial charge in [-0.25, -0.2) is 13.6 Å². The largest absolute Gasteiger partial charge is 0.489 e. The summed E-state index contributed by atoms with van der Waals surface area (Å²) in [5.41, 5.74) is 0.856. The molecular weight excluding hydrogens is 321 g/mol. The molecule has 2 aromatic rings. The Hall–Kier alpha value is -1.27. The molecular formula is C13H11Cl2NO3S. The second kappa shape index (κ2) is 6.01. The van der Waals surface area contributed by atoms with E-state index in [0.717, 1.165) is 5.56 Å². The van der Waals surface area contributed by atoms with Crippen LogP contribution in [0.25, 0.3) is 0 Å². The van der Waals surface area contributed by atoms with Crippen molar-refractivity contribution in [3.63, 3.8) is 0 Å². The van der Waals surface area contributed by atoms with Crippen LogP contribution in [-0.2, 0) is 16.6 Å². The molecule has 0 atom stereocenters. The summed E-state index contributed by atoms with van der Waals surface area (Å²) in [6.45, 7) is 0.297. The van der Waals surface area contributed by atoms with Crippen molar-refractivity contribution < 1.29 is 13.2 Å². The minimum absolute atomic E-state index is 0.0411. The first-order valence-corrected chi connectivity index (χ1v) is 7.86. The van der Waals surface area contributed by atoms with Crippen molar-refractivity contribution in [1.82, 2.24) is 0 Å². The summed E-state index contributed by atoms with van der Waals surface area (Å²) in [5.74, 6) is 0.531. The summed E-state index contributed by atoms with van der Waals surface area (Å²) >= 11 is 11.7. The Morgan fingerprint density at radius 2 is 1.65 bits per heavy atom. The summed E-state index contributed by atoms with van der Waals surface area (Å²) < 4.78 is 27.7. The minimum atomic E-state index is -3.68. The first kappa shape index (κ1) is 15.1. The van der Waals surface area contributed by atoms with Crippen LogP contribution in [-0.4, -0.2) is 8.42 Å². The van der Waals surface area contributed by atoms with Gasteiger partial charge < -0.3 is 4.74 Å². The van der Waals surface area contributed by atoms with E-state index in [2.05, 4.69) is 0 Å². The van der Waals surface area contributed by atoms with Crippen molar-refractivity contribution in [2.24, 2.45) is 5.14 Å². The van der Waals surface area contributed by atoms with Gasteiger partial charge in [0.05, 0.1) is 14.9 Å². The van der Waals surface area contributed by atoms with Gasteiger partial charge in [-0.2, -0.15) is 0 Å². The predicted octanol–water partition coefficient (Wildman–Crippen LogP) is 3.22. The molecule has 2 aromatic carbocycles. The number of benzene rings is 2. The lowest BCUT2D eigenvalue weighted by Gasteiger charge is -2.07. The first-order chi connectivity index (χ1) is 9.36. The summed E-state index contributed by atoms with van der Waals surface area (Å²) in [7, 11) is -3.68. The lowest BCUT2D eigenvalue weighted by Crippen LogP contribution is -2.11. The minimum Gasteiger partial charge on any atom is -0.489 e. The number of hydrogen-bond donors (Lipinski definition) is 1. The Kier molecular flexibility index (Phi) is 4.55. The van der Waals surface area contributed by atoms with Crippen LogP contribution in [0.15, 0.2) is 47.4 Å². The molecule has 20 heavy (non-hydrogen) atoms. The van der Waals surface area contributed by atoms with Gasteiger partial charge in [-0.05, 0) is 42.0 Å². The maximum Gasteiger partial charge on any atom is 0.238 e. The fourth-order valence-corrected chi connectivity index (χ4v) is 2.36. The molecule has 0 spiro atoms. The average molecular weight is 332 g/mol. The predicted molar refractivity (Wildman–Crippen MR) is 78.6 cm³/mol. The molecule has 0 aliphatic rings. The highest BCUT2D eigenvalue weighted by atomic mass is 35.5. The number of ether oxygens (including phenoxy) is 1. The van der Waals surface area contributed by atoms with Gasteiger partial charge in [0.25, 0.3) is 0 Å². The topological polar surface area (TPSA) is 69.4 Å². The summed E-state index contributed by atoms with van der Waals surface area (Å²) in [6, 6.07) is 11.1. The number of sulfonamides is 1. The van der Waals surface area contributed by atoms with Crippen LogP contribution in [0.1, 0.15) is 5.56 Å². The Labute approximate surface area is 127 Å². The molecule has 2 N–H and O–H groups in total. The van der Waals surface area contributed by atoms with Crippen molar-refractivity contribution in [2.45, 2.75) is 11.5 Å². The molecule has 0 saturated carbocycles. The van der Waals surface area contributed by atoms with Crippen LogP contribution in [0.2, 0.25) is 10.0 Å². The molecule has 0 fully saturated rings. The van der Waals surface area contributed by atoms with Gasteiger partial charge in [0.1, 0.15) is 12.4 Å². The van der Waals surface area contributed by atoms with Gasteiger partial charge in [-0.15, -0.1) is 0 Å². The van der Waals surface area contributed by atoms with Crippen LogP contribution >= 0.6 is 23.2 Å². The van der Waals surface area contributed by atoms with Crippen molar-refractivity contribution in [3.05, 3.63) is 58.1 Å². The van der Waals surface area contributed by atoms with Crippen LogP contribution < -0.4 is 9.88 Å². The molecule has 2 rings (SSSR count). The van der Waals surface area contributed by atoms with E-state index in [0.29, 0.717) is 22.4 Å². The third kappa shape index (κ3) is 3.86. The van der Waals surface area contributed by atoms with Gasteiger partial charge >= 0.3 is 0 Å². The zero-order valence-electron chi connectivity index (χ0n) is 10.2. The van der Waals surface area contributed by atoms with Gasteiger partial charge in [-0.3, -0.25) is 0 Å². The molecule has 7 heteroatoms. The number of halogens is 2. The average Bonchev–Trinajstić information content (AvgIpc) is 2.40. The molecule has 4 nitrogen and oxygen atoms in total. The van der Waals surface area contributed by atoms with Gasteiger partial charge in [-0.1, -0.05) is 29.3 Å². The third-order valence-electron chi connectivity index (χ3n) is 2.54. The highest BCUT2D eigenvalue weighted by Crippen LogP contribution is 2.23. The maximum absolute atomic E-state index is 11.1. The molecule has 0 aromatic heterocycles. The molecule has 0 aliphatic heterocycles. The fraction of sp³-hybridized carbons (Fsp3) is 0.0769. The summed E-state index contributed by atoms with van der Waals surface area (Å²) in [5, 5.41) is 5.94. The maximum atomic E-state index is 11.1. The number of primary sulfonamides is 1. The van der Waals surface area contributed by atoms with Crippen molar-refractivity contribution >= 4 is 33.2 Å². The Morgan fingerprint density at radius 1 is 1.00 bits per heavy atom. The molecule has 0 amide bonds. The molecule has 0 bridgehead atoms.